The molecule has 3 aromatic rings. The van der Waals surface area contributed by atoms with Gasteiger partial charge in [-0.25, -0.2) is 0 Å². The number of likely N-dealkylation sites (tertiary alicyclic amines) is 1. The summed E-state index contributed by atoms with van der Waals surface area (Å²) in [7, 11) is 1.60. The van der Waals surface area contributed by atoms with Crippen molar-refractivity contribution in [1.29, 1.82) is 0 Å². The van der Waals surface area contributed by atoms with E-state index in [1.54, 1.807) is 7.11 Å². The molecule has 7 nitrogen and oxygen atoms in total. The number of nitrogens with zero attached hydrogens (tertiary/aromatic N) is 3. The minimum atomic E-state index is -0.223. The zero-order chi connectivity index (χ0) is 22.0. The van der Waals surface area contributed by atoms with Crippen LogP contribution in [0, 0.1) is 6.92 Å². The van der Waals surface area contributed by atoms with Gasteiger partial charge >= 0.3 is 0 Å². The number of carbonyl (C=O) groups excluding carboxylic acids is 1. The average Bonchev–Trinajstić information content (AvgIpc) is 3.37. The Balaban J connectivity index is 1.58. The second-order valence-corrected chi connectivity index (χ2v) is 7.99. The molecule has 31 heavy (non-hydrogen) atoms. The van der Waals surface area contributed by atoms with Crippen molar-refractivity contribution in [3.63, 3.8) is 0 Å². The van der Waals surface area contributed by atoms with E-state index in [2.05, 4.69) is 23.1 Å². The largest absolute Gasteiger partial charge is 0.493 e. The standard InChI is InChI=1S/C24H27N3O4/c1-15(2)30-20-11-9-17(13-21(20)29-4)23-25-24(31-26-23)19-10-12-22(28)27(19)14-18-8-6-5-7-16(18)3/h5-9,11,13,15,19H,10,12,14H2,1-4H3. The Morgan fingerprint density at radius 2 is 2.00 bits per heavy atom. The molecule has 0 aliphatic carbocycles. The van der Waals surface area contributed by atoms with Gasteiger partial charge in [0.2, 0.25) is 17.6 Å². The van der Waals surface area contributed by atoms with E-state index >= 15 is 0 Å². The van der Waals surface area contributed by atoms with Gasteiger partial charge in [0.15, 0.2) is 11.5 Å². The van der Waals surface area contributed by atoms with Crippen molar-refractivity contribution < 1.29 is 18.8 Å². The van der Waals surface area contributed by atoms with Crippen LogP contribution in [0.5, 0.6) is 11.5 Å². The molecular formula is C24H27N3O4. The molecule has 0 N–H and O–H groups in total. The van der Waals surface area contributed by atoms with Crippen molar-refractivity contribution in [3.8, 4) is 22.9 Å². The van der Waals surface area contributed by atoms with Crippen LogP contribution in [-0.2, 0) is 11.3 Å². The molecular weight excluding hydrogens is 394 g/mol. The van der Waals surface area contributed by atoms with Gasteiger partial charge in [0.25, 0.3) is 0 Å². The molecule has 0 spiro atoms. The van der Waals surface area contributed by atoms with Crippen LogP contribution in [0.2, 0.25) is 0 Å². The van der Waals surface area contributed by atoms with Crippen molar-refractivity contribution >= 4 is 5.91 Å². The smallest absolute Gasteiger partial charge is 0.249 e. The molecule has 1 atom stereocenters. The summed E-state index contributed by atoms with van der Waals surface area (Å²) < 4.78 is 16.8. The van der Waals surface area contributed by atoms with Gasteiger partial charge in [-0.15, -0.1) is 0 Å². The Bertz CT molecular complexity index is 1080. The minimum absolute atomic E-state index is 0.0377. The highest BCUT2D eigenvalue weighted by molar-refractivity contribution is 5.79. The molecule has 0 bridgehead atoms. The quantitative estimate of drug-likeness (QED) is 0.550. The fourth-order valence-corrected chi connectivity index (χ4v) is 3.81. The Hall–Kier alpha value is -3.35. The van der Waals surface area contributed by atoms with E-state index < -0.39 is 0 Å². The van der Waals surface area contributed by atoms with Crippen molar-refractivity contribution in [3.05, 3.63) is 59.5 Å². The number of hydrogen-bond donors (Lipinski definition) is 0. The SMILES string of the molecule is COc1cc(-c2noc(C3CCC(=O)N3Cc3ccccc3C)n2)ccc1OC(C)C. The third kappa shape index (κ3) is 4.40. The van der Waals surface area contributed by atoms with Gasteiger partial charge in [0, 0.05) is 18.5 Å². The summed E-state index contributed by atoms with van der Waals surface area (Å²) >= 11 is 0. The van der Waals surface area contributed by atoms with Gasteiger partial charge in [-0.1, -0.05) is 29.4 Å². The van der Waals surface area contributed by atoms with Crippen LogP contribution in [0.3, 0.4) is 0 Å². The Morgan fingerprint density at radius 1 is 1.19 bits per heavy atom. The maximum atomic E-state index is 12.6. The summed E-state index contributed by atoms with van der Waals surface area (Å²) in [4.78, 5) is 19.0. The van der Waals surface area contributed by atoms with Crippen LogP contribution in [0.15, 0.2) is 47.0 Å². The number of hydrogen-bond acceptors (Lipinski definition) is 6. The van der Waals surface area contributed by atoms with Crippen LogP contribution in [-0.4, -0.2) is 34.2 Å². The Labute approximate surface area is 182 Å². The monoisotopic (exact) mass is 421 g/mol. The van der Waals surface area contributed by atoms with Crippen molar-refractivity contribution in [2.45, 2.75) is 52.3 Å². The highest BCUT2D eigenvalue weighted by atomic mass is 16.5. The maximum absolute atomic E-state index is 12.6. The van der Waals surface area contributed by atoms with Crippen molar-refractivity contribution in [1.82, 2.24) is 15.0 Å². The van der Waals surface area contributed by atoms with E-state index in [-0.39, 0.29) is 18.1 Å². The van der Waals surface area contributed by atoms with Crippen LogP contribution in [0.4, 0.5) is 0 Å². The number of benzene rings is 2. The fraction of sp³-hybridized carbons (Fsp3) is 0.375. The van der Waals surface area contributed by atoms with Crippen LogP contribution in [0.1, 0.15) is 49.7 Å². The predicted octanol–water partition coefficient (Wildman–Crippen LogP) is 4.70. The van der Waals surface area contributed by atoms with Gasteiger partial charge < -0.3 is 18.9 Å². The molecule has 1 unspecified atom stereocenters. The zero-order valence-corrected chi connectivity index (χ0v) is 18.3. The van der Waals surface area contributed by atoms with Gasteiger partial charge in [-0.05, 0) is 56.5 Å². The first-order chi connectivity index (χ1) is 15.0. The van der Waals surface area contributed by atoms with Gasteiger partial charge in [-0.2, -0.15) is 4.98 Å². The van der Waals surface area contributed by atoms with Crippen LogP contribution < -0.4 is 9.47 Å². The molecule has 2 heterocycles. The van der Waals surface area contributed by atoms with E-state index in [4.69, 9.17) is 14.0 Å². The van der Waals surface area contributed by atoms with Crippen LogP contribution in [0.25, 0.3) is 11.4 Å². The highest BCUT2D eigenvalue weighted by Gasteiger charge is 2.36. The predicted molar refractivity (Wildman–Crippen MR) is 116 cm³/mol. The Morgan fingerprint density at radius 3 is 2.74 bits per heavy atom. The first-order valence-corrected chi connectivity index (χ1v) is 10.5. The molecule has 1 fully saturated rings. The van der Waals surface area contributed by atoms with Crippen molar-refractivity contribution in [2.75, 3.05) is 7.11 Å². The van der Waals surface area contributed by atoms with Crippen molar-refractivity contribution in [2.24, 2.45) is 0 Å². The molecule has 1 amide bonds. The number of carbonyl (C=O) groups is 1. The van der Waals surface area contributed by atoms with E-state index in [0.29, 0.717) is 42.6 Å². The van der Waals surface area contributed by atoms with E-state index in [1.165, 1.54) is 0 Å². The van der Waals surface area contributed by atoms with Gasteiger partial charge in [-0.3, -0.25) is 4.79 Å². The molecule has 162 valence electrons. The zero-order valence-electron chi connectivity index (χ0n) is 18.3. The molecule has 4 rings (SSSR count). The summed E-state index contributed by atoms with van der Waals surface area (Å²) in [6.07, 6.45) is 1.18. The number of methoxy groups -OCH3 is 1. The molecule has 1 aromatic heterocycles. The van der Waals surface area contributed by atoms with Gasteiger partial charge in [0.05, 0.1) is 13.2 Å². The normalized spacial score (nSPS) is 16.2. The summed E-state index contributed by atoms with van der Waals surface area (Å²) in [6.45, 7) is 6.51. The second kappa shape index (κ2) is 8.79. The van der Waals surface area contributed by atoms with E-state index in [1.807, 2.05) is 55.1 Å². The summed E-state index contributed by atoms with van der Waals surface area (Å²) in [5.41, 5.74) is 3.04. The Kier molecular flexibility index (Phi) is 5.93. The highest BCUT2D eigenvalue weighted by Crippen LogP contribution is 2.36. The van der Waals surface area contributed by atoms with E-state index in [9.17, 15) is 4.79 Å². The number of amides is 1. The lowest BCUT2D eigenvalue weighted by atomic mass is 10.1. The minimum Gasteiger partial charge on any atom is -0.493 e. The maximum Gasteiger partial charge on any atom is 0.249 e. The summed E-state index contributed by atoms with van der Waals surface area (Å²) in [5.74, 6) is 2.28. The number of aromatic nitrogens is 2. The molecule has 0 radical (unpaired) electrons. The fourth-order valence-electron chi connectivity index (χ4n) is 3.81. The molecule has 2 aromatic carbocycles. The first kappa shape index (κ1) is 20.9. The second-order valence-electron chi connectivity index (χ2n) is 7.99. The van der Waals surface area contributed by atoms with E-state index in [0.717, 1.165) is 16.7 Å². The third-order valence-corrected chi connectivity index (χ3v) is 5.44. The topological polar surface area (TPSA) is 77.7 Å². The average molecular weight is 421 g/mol. The lowest BCUT2D eigenvalue weighted by Crippen LogP contribution is -2.27. The van der Waals surface area contributed by atoms with Gasteiger partial charge in [0.1, 0.15) is 6.04 Å². The molecule has 7 heteroatoms. The molecule has 1 aliphatic rings. The molecule has 1 saturated heterocycles. The lowest BCUT2D eigenvalue weighted by Gasteiger charge is -2.23. The summed E-state index contributed by atoms with van der Waals surface area (Å²) in [6, 6.07) is 13.4. The third-order valence-electron chi connectivity index (χ3n) is 5.44. The summed E-state index contributed by atoms with van der Waals surface area (Å²) in [5, 5.41) is 4.16. The van der Waals surface area contributed by atoms with Crippen LogP contribution >= 0.6 is 0 Å². The first-order valence-electron chi connectivity index (χ1n) is 10.5. The lowest BCUT2D eigenvalue weighted by molar-refractivity contribution is -0.130. The number of rotatable bonds is 7. The molecule has 1 aliphatic heterocycles. The number of aryl methyl sites for hydroxylation is 1. The number of ether oxygens (including phenoxy) is 2. The molecule has 0 saturated carbocycles.